The van der Waals surface area contributed by atoms with E-state index in [2.05, 4.69) is 5.32 Å². The predicted octanol–water partition coefficient (Wildman–Crippen LogP) is 3.29. The molecule has 0 spiro atoms. The SMILES string of the molecule is CCCN(CCC)C(=O)C(C)(C)C(=O)NCc1ccc(C)cc1. The molecule has 1 rings (SSSR count). The number of hydrogen-bond acceptors (Lipinski definition) is 2. The minimum atomic E-state index is -1.05. The number of rotatable bonds is 8. The lowest BCUT2D eigenvalue weighted by Crippen LogP contribution is -2.49. The van der Waals surface area contributed by atoms with Gasteiger partial charge in [-0.05, 0) is 39.2 Å². The van der Waals surface area contributed by atoms with Crippen molar-refractivity contribution in [2.24, 2.45) is 5.41 Å². The van der Waals surface area contributed by atoms with Crippen molar-refractivity contribution in [2.45, 2.75) is 54.0 Å². The zero-order chi connectivity index (χ0) is 17.5. The maximum absolute atomic E-state index is 12.7. The first-order valence-electron chi connectivity index (χ1n) is 8.46. The summed E-state index contributed by atoms with van der Waals surface area (Å²) < 4.78 is 0. The molecule has 1 aromatic carbocycles. The van der Waals surface area contributed by atoms with E-state index in [1.54, 1.807) is 18.7 Å². The van der Waals surface area contributed by atoms with E-state index in [-0.39, 0.29) is 11.8 Å². The fraction of sp³-hybridized carbons (Fsp3) is 0.579. The molecule has 0 fully saturated rings. The fourth-order valence-corrected chi connectivity index (χ4v) is 2.46. The van der Waals surface area contributed by atoms with Crippen molar-refractivity contribution < 1.29 is 9.59 Å². The van der Waals surface area contributed by atoms with E-state index in [0.717, 1.165) is 18.4 Å². The molecule has 0 aliphatic heterocycles. The Bertz CT molecular complexity index is 515. The molecule has 4 nitrogen and oxygen atoms in total. The van der Waals surface area contributed by atoms with E-state index in [0.29, 0.717) is 19.6 Å². The number of hydrogen-bond donors (Lipinski definition) is 1. The van der Waals surface area contributed by atoms with Crippen LogP contribution in [0.2, 0.25) is 0 Å². The van der Waals surface area contributed by atoms with Crippen LogP contribution in [0.15, 0.2) is 24.3 Å². The normalized spacial score (nSPS) is 11.2. The molecule has 0 heterocycles. The molecule has 128 valence electrons. The summed E-state index contributed by atoms with van der Waals surface area (Å²) >= 11 is 0. The van der Waals surface area contributed by atoms with Crippen LogP contribution in [-0.2, 0) is 16.1 Å². The average molecular weight is 318 g/mol. The molecular formula is C19H30N2O2. The summed E-state index contributed by atoms with van der Waals surface area (Å²) in [4.78, 5) is 27.0. The Kier molecular flexibility index (Phi) is 7.27. The summed E-state index contributed by atoms with van der Waals surface area (Å²) in [6.45, 7) is 11.4. The monoisotopic (exact) mass is 318 g/mol. The van der Waals surface area contributed by atoms with Gasteiger partial charge in [-0.25, -0.2) is 0 Å². The van der Waals surface area contributed by atoms with Crippen molar-refractivity contribution in [3.8, 4) is 0 Å². The van der Waals surface area contributed by atoms with Gasteiger partial charge >= 0.3 is 0 Å². The highest BCUT2D eigenvalue weighted by Crippen LogP contribution is 2.20. The molecule has 23 heavy (non-hydrogen) atoms. The molecule has 0 atom stereocenters. The summed E-state index contributed by atoms with van der Waals surface area (Å²) in [6, 6.07) is 8.01. The lowest BCUT2D eigenvalue weighted by Gasteiger charge is -2.30. The maximum Gasteiger partial charge on any atom is 0.237 e. The standard InChI is InChI=1S/C19H30N2O2/c1-6-12-21(13-7-2)18(23)19(4,5)17(22)20-14-16-10-8-15(3)9-11-16/h8-11H,6-7,12-14H2,1-5H3,(H,20,22). The predicted molar refractivity (Wildman–Crippen MR) is 94.0 cm³/mol. The molecule has 2 amide bonds. The van der Waals surface area contributed by atoms with Gasteiger partial charge in [-0.2, -0.15) is 0 Å². The van der Waals surface area contributed by atoms with Crippen LogP contribution < -0.4 is 5.32 Å². The first kappa shape index (κ1) is 19.2. The quantitative estimate of drug-likeness (QED) is 0.748. The Morgan fingerprint density at radius 1 is 1.04 bits per heavy atom. The third kappa shape index (κ3) is 5.38. The Labute approximate surface area is 140 Å². The van der Waals surface area contributed by atoms with Crippen molar-refractivity contribution in [3.05, 3.63) is 35.4 Å². The number of benzene rings is 1. The second kappa shape index (κ2) is 8.70. The molecular weight excluding hydrogens is 288 g/mol. The van der Waals surface area contributed by atoms with Gasteiger partial charge in [0.05, 0.1) is 0 Å². The van der Waals surface area contributed by atoms with Gasteiger partial charge in [0.25, 0.3) is 0 Å². The van der Waals surface area contributed by atoms with E-state index in [1.807, 2.05) is 45.0 Å². The molecule has 0 aliphatic rings. The van der Waals surface area contributed by atoms with Crippen LogP contribution in [0.5, 0.6) is 0 Å². The van der Waals surface area contributed by atoms with E-state index in [9.17, 15) is 9.59 Å². The first-order valence-corrected chi connectivity index (χ1v) is 8.46. The minimum Gasteiger partial charge on any atom is -0.351 e. The fourth-order valence-electron chi connectivity index (χ4n) is 2.46. The van der Waals surface area contributed by atoms with E-state index >= 15 is 0 Å². The molecule has 0 aromatic heterocycles. The van der Waals surface area contributed by atoms with Crippen LogP contribution in [-0.4, -0.2) is 29.8 Å². The van der Waals surface area contributed by atoms with Crippen molar-refractivity contribution in [3.63, 3.8) is 0 Å². The smallest absolute Gasteiger partial charge is 0.237 e. The van der Waals surface area contributed by atoms with Crippen molar-refractivity contribution in [2.75, 3.05) is 13.1 Å². The molecule has 0 bridgehead atoms. The molecule has 0 saturated carbocycles. The molecule has 0 saturated heterocycles. The first-order chi connectivity index (χ1) is 10.8. The van der Waals surface area contributed by atoms with Gasteiger partial charge in [0, 0.05) is 19.6 Å². The van der Waals surface area contributed by atoms with Gasteiger partial charge in [-0.3, -0.25) is 9.59 Å². The van der Waals surface area contributed by atoms with Crippen molar-refractivity contribution in [1.29, 1.82) is 0 Å². The number of nitrogens with one attached hydrogen (secondary N) is 1. The third-order valence-corrected chi connectivity index (χ3v) is 3.95. The zero-order valence-electron chi connectivity index (χ0n) is 15.1. The third-order valence-electron chi connectivity index (χ3n) is 3.95. The summed E-state index contributed by atoms with van der Waals surface area (Å²) in [7, 11) is 0. The second-order valence-corrected chi connectivity index (χ2v) is 6.59. The number of aryl methyl sites for hydroxylation is 1. The zero-order valence-corrected chi connectivity index (χ0v) is 15.1. The van der Waals surface area contributed by atoms with Crippen LogP contribution >= 0.6 is 0 Å². The summed E-state index contributed by atoms with van der Waals surface area (Å²) in [5.41, 5.74) is 1.17. The molecule has 1 aromatic rings. The van der Waals surface area contributed by atoms with Gasteiger partial charge in [-0.15, -0.1) is 0 Å². The summed E-state index contributed by atoms with van der Waals surface area (Å²) in [5.74, 6) is -0.317. The van der Waals surface area contributed by atoms with Gasteiger partial charge in [-0.1, -0.05) is 43.7 Å². The van der Waals surface area contributed by atoms with Crippen LogP contribution in [0.3, 0.4) is 0 Å². The van der Waals surface area contributed by atoms with Gasteiger partial charge in [0.1, 0.15) is 5.41 Å². The minimum absolute atomic E-state index is 0.0948. The van der Waals surface area contributed by atoms with Crippen LogP contribution in [0.4, 0.5) is 0 Å². The Morgan fingerprint density at radius 3 is 2.04 bits per heavy atom. The summed E-state index contributed by atoms with van der Waals surface area (Å²) in [6.07, 6.45) is 1.79. The van der Waals surface area contributed by atoms with Crippen LogP contribution in [0.1, 0.15) is 51.7 Å². The van der Waals surface area contributed by atoms with Gasteiger partial charge in [0.15, 0.2) is 0 Å². The highest BCUT2D eigenvalue weighted by Gasteiger charge is 2.38. The lowest BCUT2D eigenvalue weighted by molar-refractivity contribution is -0.148. The molecule has 0 unspecified atom stereocenters. The molecule has 0 aliphatic carbocycles. The number of carbonyl (C=O) groups is 2. The van der Waals surface area contributed by atoms with Crippen molar-refractivity contribution in [1.82, 2.24) is 10.2 Å². The lowest BCUT2D eigenvalue weighted by atomic mass is 9.90. The van der Waals surface area contributed by atoms with E-state index < -0.39 is 5.41 Å². The van der Waals surface area contributed by atoms with E-state index in [1.165, 1.54) is 5.56 Å². The molecule has 0 radical (unpaired) electrons. The van der Waals surface area contributed by atoms with Gasteiger partial charge in [0.2, 0.25) is 11.8 Å². The number of nitrogens with zero attached hydrogens (tertiary/aromatic N) is 1. The van der Waals surface area contributed by atoms with E-state index in [4.69, 9.17) is 0 Å². The molecule has 1 N–H and O–H groups in total. The second-order valence-electron chi connectivity index (χ2n) is 6.59. The Morgan fingerprint density at radius 2 is 1.57 bits per heavy atom. The largest absolute Gasteiger partial charge is 0.351 e. The van der Waals surface area contributed by atoms with Crippen LogP contribution in [0, 0.1) is 12.3 Å². The highest BCUT2D eigenvalue weighted by molar-refractivity contribution is 6.04. The summed E-state index contributed by atoms with van der Waals surface area (Å²) in [5, 5.41) is 2.89. The number of carbonyl (C=O) groups excluding carboxylic acids is 2. The van der Waals surface area contributed by atoms with Crippen LogP contribution in [0.25, 0.3) is 0 Å². The highest BCUT2D eigenvalue weighted by atomic mass is 16.2. The average Bonchev–Trinajstić information content (AvgIpc) is 2.53. The number of amides is 2. The molecule has 4 heteroatoms. The maximum atomic E-state index is 12.7. The Hall–Kier alpha value is -1.84. The van der Waals surface area contributed by atoms with Gasteiger partial charge < -0.3 is 10.2 Å². The topological polar surface area (TPSA) is 49.4 Å². The van der Waals surface area contributed by atoms with Crippen molar-refractivity contribution >= 4 is 11.8 Å². The Balaban J connectivity index is 2.70.